The molecule has 0 saturated carbocycles. The molecule has 3 N–H and O–H groups in total. The van der Waals surface area contributed by atoms with E-state index < -0.39 is 10.0 Å². The second-order valence-corrected chi connectivity index (χ2v) is 8.10. The van der Waals surface area contributed by atoms with Crippen molar-refractivity contribution in [3.63, 3.8) is 0 Å². The van der Waals surface area contributed by atoms with Crippen molar-refractivity contribution < 1.29 is 8.42 Å². The number of benzene rings is 2. The molecule has 0 aliphatic rings. The first kappa shape index (κ1) is 16.3. The molecule has 112 valence electrons. The van der Waals surface area contributed by atoms with Gasteiger partial charge in [-0.2, -0.15) is 0 Å². The van der Waals surface area contributed by atoms with E-state index >= 15 is 0 Å². The molecular formula is C14H14Br2N2O2S. The minimum absolute atomic E-state index is 0.253. The second-order valence-electron chi connectivity index (χ2n) is 4.71. The van der Waals surface area contributed by atoms with Gasteiger partial charge in [0.05, 0.1) is 10.6 Å². The molecule has 0 radical (unpaired) electrons. The van der Waals surface area contributed by atoms with Gasteiger partial charge in [-0.25, -0.2) is 8.42 Å². The highest BCUT2D eigenvalue weighted by atomic mass is 79.9. The van der Waals surface area contributed by atoms with E-state index in [1.54, 1.807) is 38.1 Å². The number of nitrogen functional groups attached to an aromatic ring is 1. The fraction of sp³-hybridized carbons (Fsp3) is 0.143. The van der Waals surface area contributed by atoms with Gasteiger partial charge in [0.1, 0.15) is 0 Å². The minimum atomic E-state index is -3.69. The molecule has 2 aromatic rings. The lowest BCUT2D eigenvalue weighted by molar-refractivity contribution is 0.600. The topological polar surface area (TPSA) is 72.2 Å². The summed E-state index contributed by atoms with van der Waals surface area (Å²) >= 11 is 6.66. The van der Waals surface area contributed by atoms with Crippen LogP contribution in [0.5, 0.6) is 0 Å². The Kier molecular flexibility index (Phi) is 4.65. The Labute approximate surface area is 141 Å². The fourth-order valence-corrected chi connectivity index (χ4v) is 4.54. The van der Waals surface area contributed by atoms with Crippen molar-refractivity contribution in [3.8, 4) is 0 Å². The molecule has 0 aliphatic heterocycles. The molecule has 4 nitrogen and oxygen atoms in total. The van der Waals surface area contributed by atoms with Gasteiger partial charge >= 0.3 is 0 Å². The fourth-order valence-electron chi connectivity index (χ4n) is 2.18. The third kappa shape index (κ3) is 3.59. The summed E-state index contributed by atoms with van der Waals surface area (Å²) in [4.78, 5) is 0.253. The van der Waals surface area contributed by atoms with E-state index in [2.05, 4.69) is 36.6 Å². The van der Waals surface area contributed by atoms with E-state index in [0.29, 0.717) is 27.0 Å². The lowest BCUT2D eigenvalue weighted by Gasteiger charge is -2.14. The number of nitrogens with two attached hydrogens (primary N) is 1. The van der Waals surface area contributed by atoms with E-state index in [0.717, 1.165) is 4.47 Å². The number of hydrogen-bond donors (Lipinski definition) is 2. The van der Waals surface area contributed by atoms with Crippen LogP contribution in [-0.2, 0) is 10.0 Å². The summed E-state index contributed by atoms with van der Waals surface area (Å²) < 4.78 is 29.3. The summed E-state index contributed by atoms with van der Waals surface area (Å²) in [5.41, 5.74) is 7.99. The van der Waals surface area contributed by atoms with E-state index in [-0.39, 0.29) is 4.90 Å². The summed E-state index contributed by atoms with van der Waals surface area (Å²) in [6, 6.07) is 8.59. The molecule has 2 rings (SSSR count). The van der Waals surface area contributed by atoms with Crippen molar-refractivity contribution in [2.45, 2.75) is 18.7 Å². The van der Waals surface area contributed by atoms with Gasteiger partial charge in [-0.15, -0.1) is 0 Å². The smallest absolute Gasteiger partial charge is 0.262 e. The molecule has 21 heavy (non-hydrogen) atoms. The molecule has 0 aromatic heterocycles. The third-order valence-electron chi connectivity index (χ3n) is 2.92. The van der Waals surface area contributed by atoms with Crippen LogP contribution in [0.25, 0.3) is 0 Å². The van der Waals surface area contributed by atoms with Crippen LogP contribution in [0.4, 0.5) is 11.4 Å². The maximum Gasteiger partial charge on any atom is 0.262 e. The zero-order valence-electron chi connectivity index (χ0n) is 11.4. The van der Waals surface area contributed by atoms with E-state index in [1.165, 1.54) is 0 Å². The predicted molar refractivity (Wildman–Crippen MR) is 93.0 cm³/mol. The zero-order chi connectivity index (χ0) is 15.8. The lowest BCUT2D eigenvalue weighted by Crippen LogP contribution is -2.16. The van der Waals surface area contributed by atoms with Crippen molar-refractivity contribution in [1.29, 1.82) is 0 Å². The second kappa shape index (κ2) is 5.98. The molecule has 7 heteroatoms. The highest BCUT2D eigenvalue weighted by molar-refractivity contribution is 9.11. The SMILES string of the molecule is Cc1cc(N)cc(C)c1S(=O)(=O)Nc1cc(Br)ccc1Br. The van der Waals surface area contributed by atoms with Crippen LogP contribution in [0.15, 0.2) is 44.2 Å². The van der Waals surface area contributed by atoms with Crippen molar-refractivity contribution in [1.82, 2.24) is 0 Å². The van der Waals surface area contributed by atoms with E-state index in [9.17, 15) is 8.42 Å². The average molecular weight is 434 g/mol. The third-order valence-corrected chi connectivity index (χ3v) is 5.78. The van der Waals surface area contributed by atoms with E-state index in [1.807, 2.05) is 6.07 Å². The van der Waals surface area contributed by atoms with Gasteiger partial charge in [-0.05, 0) is 71.2 Å². The zero-order valence-corrected chi connectivity index (χ0v) is 15.4. The first-order chi connectivity index (χ1) is 9.70. The molecule has 0 spiro atoms. The average Bonchev–Trinajstić information content (AvgIpc) is 2.31. The normalized spacial score (nSPS) is 11.4. The Morgan fingerprint density at radius 3 is 2.19 bits per heavy atom. The van der Waals surface area contributed by atoms with Gasteiger partial charge < -0.3 is 5.73 Å². The minimum Gasteiger partial charge on any atom is -0.399 e. The molecule has 0 fully saturated rings. The molecule has 0 atom stereocenters. The maximum absolute atomic E-state index is 12.6. The Hall–Kier alpha value is -1.05. The first-order valence-corrected chi connectivity index (χ1v) is 9.12. The summed E-state index contributed by atoms with van der Waals surface area (Å²) in [7, 11) is -3.69. The Morgan fingerprint density at radius 2 is 1.62 bits per heavy atom. The molecule has 0 saturated heterocycles. The van der Waals surface area contributed by atoms with Gasteiger partial charge in [0.15, 0.2) is 0 Å². The van der Waals surface area contributed by atoms with Crippen LogP contribution in [0.1, 0.15) is 11.1 Å². The number of halogens is 2. The van der Waals surface area contributed by atoms with Crippen LogP contribution in [0, 0.1) is 13.8 Å². The first-order valence-electron chi connectivity index (χ1n) is 6.05. The number of nitrogens with one attached hydrogen (secondary N) is 1. The van der Waals surface area contributed by atoms with Crippen LogP contribution in [-0.4, -0.2) is 8.42 Å². The lowest BCUT2D eigenvalue weighted by atomic mass is 10.1. The predicted octanol–water partition coefficient (Wildman–Crippen LogP) is 4.21. The number of sulfonamides is 1. The Balaban J connectivity index is 2.51. The Bertz CT molecular complexity index is 782. The van der Waals surface area contributed by atoms with Gasteiger partial charge in [-0.1, -0.05) is 15.9 Å². The van der Waals surface area contributed by atoms with Gasteiger partial charge in [-0.3, -0.25) is 4.72 Å². The molecule has 2 aromatic carbocycles. The van der Waals surface area contributed by atoms with Crippen LogP contribution in [0.2, 0.25) is 0 Å². The number of anilines is 2. The van der Waals surface area contributed by atoms with E-state index in [4.69, 9.17) is 5.73 Å². The molecule has 0 unspecified atom stereocenters. The molecule has 0 bridgehead atoms. The van der Waals surface area contributed by atoms with Crippen molar-refractivity contribution in [3.05, 3.63) is 50.4 Å². The van der Waals surface area contributed by atoms with Crippen LogP contribution < -0.4 is 10.5 Å². The Morgan fingerprint density at radius 1 is 1.05 bits per heavy atom. The van der Waals surface area contributed by atoms with Gasteiger partial charge in [0.2, 0.25) is 0 Å². The van der Waals surface area contributed by atoms with Gasteiger partial charge in [0, 0.05) is 14.6 Å². The highest BCUT2D eigenvalue weighted by Gasteiger charge is 2.21. The molecular weight excluding hydrogens is 420 g/mol. The standard InChI is InChI=1S/C14H14Br2N2O2S/c1-8-5-11(17)6-9(2)14(8)21(19,20)18-13-7-10(15)3-4-12(13)16/h3-7,18H,17H2,1-2H3. The molecule has 0 amide bonds. The van der Waals surface area contributed by atoms with Gasteiger partial charge in [0.25, 0.3) is 10.0 Å². The molecule has 0 heterocycles. The monoisotopic (exact) mass is 432 g/mol. The van der Waals surface area contributed by atoms with Crippen molar-refractivity contribution in [2.75, 3.05) is 10.5 Å². The maximum atomic E-state index is 12.6. The molecule has 0 aliphatic carbocycles. The van der Waals surface area contributed by atoms with Crippen molar-refractivity contribution >= 4 is 53.3 Å². The van der Waals surface area contributed by atoms with Crippen LogP contribution >= 0.6 is 31.9 Å². The number of aryl methyl sites for hydroxylation is 2. The number of hydrogen-bond acceptors (Lipinski definition) is 3. The van der Waals surface area contributed by atoms with Crippen molar-refractivity contribution in [2.24, 2.45) is 0 Å². The quantitative estimate of drug-likeness (QED) is 0.712. The summed E-state index contributed by atoms with van der Waals surface area (Å²) in [5.74, 6) is 0. The number of rotatable bonds is 3. The van der Waals surface area contributed by atoms with Crippen LogP contribution in [0.3, 0.4) is 0 Å². The highest BCUT2D eigenvalue weighted by Crippen LogP contribution is 2.30. The summed E-state index contributed by atoms with van der Waals surface area (Å²) in [6.45, 7) is 3.46. The largest absolute Gasteiger partial charge is 0.399 e. The summed E-state index contributed by atoms with van der Waals surface area (Å²) in [5, 5.41) is 0. The summed E-state index contributed by atoms with van der Waals surface area (Å²) in [6.07, 6.45) is 0.